The number of nitrogens with one attached hydrogen (secondary N) is 1. The molecule has 2 atom stereocenters. The molecule has 2 aliphatic rings. The van der Waals surface area contributed by atoms with E-state index in [9.17, 15) is 25.0 Å². The largest absolute Gasteiger partial charge is 0.444 e. The normalized spacial score (nSPS) is 19.1. The van der Waals surface area contributed by atoms with E-state index in [4.69, 9.17) is 4.74 Å². The minimum Gasteiger partial charge on any atom is -0.444 e. The van der Waals surface area contributed by atoms with Crippen LogP contribution in [0.4, 0.5) is 27.8 Å². The van der Waals surface area contributed by atoms with Crippen LogP contribution < -0.4 is 15.1 Å². The predicted octanol–water partition coefficient (Wildman–Crippen LogP) is 3.65. The van der Waals surface area contributed by atoms with Crippen molar-refractivity contribution in [3.63, 3.8) is 0 Å². The Morgan fingerprint density at radius 1 is 0.925 bits per heavy atom. The summed E-state index contributed by atoms with van der Waals surface area (Å²) in [6, 6.07) is 6.74. The molecule has 220 valence electrons. The van der Waals surface area contributed by atoms with Gasteiger partial charge in [-0.15, -0.1) is 12.4 Å². The maximum atomic E-state index is 12.1. The van der Waals surface area contributed by atoms with Crippen molar-refractivity contribution >= 4 is 41.5 Å². The monoisotopic (exact) mass is 580 g/mol. The van der Waals surface area contributed by atoms with Crippen molar-refractivity contribution in [1.29, 1.82) is 0 Å². The van der Waals surface area contributed by atoms with Crippen LogP contribution in [0.2, 0.25) is 0 Å². The lowest BCUT2D eigenvalue weighted by Crippen LogP contribution is -2.54. The maximum absolute atomic E-state index is 12.1. The van der Waals surface area contributed by atoms with Crippen molar-refractivity contribution < 1.29 is 19.4 Å². The molecule has 2 aromatic rings. The fraction of sp³-hybridized carbons (Fsp3) is 0.560. The fourth-order valence-electron chi connectivity index (χ4n) is 4.37. The van der Waals surface area contributed by atoms with E-state index >= 15 is 0 Å². The van der Waals surface area contributed by atoms with E-state index < -0.39 is 15.4 Å². The van der Waals surface area contributed by atoms with Crippen LogP contribution in [-0.4, -0.2) is 87.8 Å². The molecule has 0 aromatic carbocycles. The minimum absolute atomic E-state index is 0. The topological polar surface area (TPSA) is 160 Å². The number of hydrogen-bond donors (Lipinski definition) is 1. The average Bonchev–Trinajstić information content (AvgIpc) is 2.88. The van der Waals surface area contributed by atoms with Crippen LogP contribution in [0.5, 0.6) is 0 Å². The van der Waals surface area contributed by atoms with Gasteiger partial charge in [0.15, 0.2) is 12.4 Å². The summed E-state index contributed by atoms with van der Waals surface area (Å²) < 4.78 is 5.39. The molecule has 14 nitrogen and oxygen atoms in total. The van der Waals surface area contributed by atoms with E-state index in [1.807, 2.05) is 27.7 Å². The molecule has 0 radical (unpaired) electrons. The van der Waals surface area contributed by atoms with Crippen LogP contribution in [0, 0.1) is 20.2 Å². The van der Waals surface area contributed by atoms with Crippen molar-refractivity contribution in [3.05, 3.63) is 56.9 Å². The third-order valence-electron chi connectivity index (χ3n) is 6.28. The van der Waals surface area contributed by atoms with E-state index in [0.717, 1.165) is 31.0 Å². The second-order valence-electron chi connectivity index (χ2n) is 10.5. The van der Waals surface area contributed by atoms with Gasteiger partial charge in [0.25, 0.3) is 0 Å². The number of halogens is 1. The molecule has 40 heavy (non-hydrogen) atoms. The fourth-order valence-corrected chi connectivity index (χ4v) is 4.37. The van der Waals surface area contributed by atoms with Gasteiger partial charge in [-0.1, -0.05) is 0 Å². The molecule has 4 rings (SSSR count). The lowest BCUT2D eigenvalue weighted by molar-refractivity contribution is -0.389. The second-order valence-corrected chi connectivity index (χ2v) is 10.5. The lowest BCUT2D eigenvalue weighted by Gasteiger charge is -2.40. The zero-order chi connectivity index (χ0) is 28.7. The highest BCUT2D eigenvalue weighted by atomic mass is 35.5. The van der Waals surface area contributed by atoms with E-state index in [1.54, 1.807) is 23.2 Å². The van der Waals surface area contributed by atoms with Gasteiger partial charge in [0.05, 0.1) is 11.4 Å². The number of amides is 1. The van der Waals surface area contributed by atoms with Crippen LogP contribution in [0.25, 0.3) is 0 Å². The zero-order valence-electron chi connectivity index (χ0n) is 23.3. The molecule has 2 aliphatic heterocycles. The number of rotatable bonds is 4. The number of ether oxygens (including phenoxy) is 1. The van der Waals surface area contributed by atoms with Gasteiger partial charge in [-0.3, -0.25) is 0 Å². The Labute approximate surface area is 239 Å². The van der Waals surface area contributed by atoms with Gasteiger partial charge in [0.1, 0.15) is 5.60 Å². The Hall–Kier alpha value is -3.78. The number of hydrogen-bond acceptors (Lipinski definition) is 11. The van der Waals surface area contributed by atoms with Crippen LogP contribution in [-0.2, 0) is 4.74 Å². The molecule has 2 saturated heterocycles. The smallest absolute Gasteiger partial charge is 0.410 e. The number of nitro groups is 2. The molecule has 2 aromatic heterocycles. The first-order chi connectivity index (χ1) is 18.4. The molecule has 0 unspecified atom stereocenters. The number of anilines is 2. The van der Waals surface area contributed by atoms with Gasteiger partial charge < -0.3 is 45.0 Å². The van der Waals surface area contributed by atoms with E-state index in [1.165, 1.54) is 18.3 Å². The molecule has 1 amide bonds. The Bertz CT molecular complexity index is 1150. The number of nitrogens with zero attached hydrogens (tertiary/aromatic N) is 7. The summed E-state index contributed by atoms with van der Waals surface area (Å²) in [6.07, 6.45) is 2.75. The van der Waals surface area contributed by atoms with Crippen LogP contribution >= 0.6 is 12.4 Å². The summed E-state index contributed by atoms with van der Waals surface area (Å²) in [5, 5.41) is 24.4. The standard InChI is InChI=1S/C15H22N4O4.C10H14N4O2.ClH/c1-11-10-17(14(20)23-15(2,3)4)7-8-18(11)12-5-6-13(16-9-12)19(21)22;1-8-6-11-4-5-13(8)9-2-3-10(12-7-9)14(15)16;/h5-6,9,11H,7-8,10H2,1-4H3;2-3,7-8,11H,4-6H2,1H3;1H/t11-;8-;/m11./s1. The Kier molecular flexibility index (Phi) is 11.4. The summed E-state index contributed by atoms with van der Waals surface area (Å²) >= 11 is 0. The number of aromatic nitrogens is 2. The third kappa shape index (κ3) is 8.88. The van der Waals surface area contributed by atoms with Gasteiger partial charge in [-0.25, -0.2) is 4.79 Å². The Morgan fingerprint density at radius 2 is 1.45 bits per heavy atom. The first-order valence-electron chi connectivity index (χ1n) is 12.8. The Balaban J connectivity index is 0.000000290. The van der Waals surface area contributed by atoms with Crippen LogP contribution in [0.15, 0.2) is 36.7 Å². The molecule has 2 fully saturated rings. The SMILES string of the molecule is C[C@@H]1CN(C(=O)OC(C)(C)C)CCN1c1ccc([N+](=O)[O-])nc1.C[C@@H]1CNCCN1c1ccc([N+](=O)[O-])nc1.Cl. The molecule has 0 bridgehead atoms. The van der Waals surface area contributed by atoms with E-state index in [0.29, 0.717) is 25.7 Å². The van der Waals surface area contributed by atoms with Crippen LogP contribution in [0.1, 0.15) is 34.6 Å². The third-order valence-corrected chi connectivity index (χ3v) is 6.28. The molecule has 0 spiro atoms. The maximum Gasteiger partial charge on any atom is 0.410 e. The van der Waals surface area contributed by atoms with Gasteiger partial charge in [-0.2, -0.15) is 0 Å². The highest BCUT2D eigenvalue weighted by Crippen LogP contribution is 2.23. The molecular weight excluding hydrogens is 544 g/mol. The number of carbonyl (C=O) groups excluding carboxylic acids is 1. The van der Waals surface area contributed by atoms with Crippen molar-refractivity contribution in [2.75, 3.05) is 49.1 Å². The van der Waals surface area contributed by atoms with Crippen LogP contribution in [0.3, 0.4) is 0 Å². The molecule has 0 saturated carbocycles. The summed E-state index contributed by atoms with van der Waals surface area (Å²) in [7, 11) is 0. The van der Waals surface area contributed by atoms with Crippen molar-refractivity contribution in [2.45, 2.75) is 52.3 Å². The zero-order valence-corrected chi connectivity index (χ0v) is 24.2. The summed E-state index contributed by atoms with van der Waals surface area (Å²) in [5.74, 6) is -0.277. The van der Waals surface area contributed by atoms with Crippen molar-refractivity contribution in [2.24, 2.45) is 0 Å². The predicted molar refractivity (Wildman–Crippen MR) is 153 cm³/mol. The first kappa shape index (κ1) is 32.4. The quantitative estimate of drug-likeness (QED) is 0.415. The number of pyridine rings is 2. The first-order valence-corrected chi connectivity index (χ1v) is 12.8. The highest BCUT2D eigenvalue weighted by molar-refractivity contribution is 5.85. The van der Waals surface area contributed by atoms with Gasteiger partial charge >= 0.3 is 17.7 Å². The average molecular weight is 581 g/mol. The number of carbonyl (C=O) groups is 1. The van der Waals surface area contributed by atoms with E-state index in [2.05, 4.69) is 32.0 Å². The number of piperazine rings is 2. The summed E-state index contributed by atoms with van der Waals surface area (Å²) in [6.45, 7) is 14.1. The Morgan fingerprint density at radius 3 is 1.85 bits per heavy atom. The van der Waals surface area contributed by atoms with E-state index in [-0.39, 0.29) is 36.2 Å². The van der Waals surface area contributed by atoms with Crippen molar-refractivity contribution in [1.82, 2.24) is 20.2 Å². The lowest BCUT2D eigenvalue weighted by atomic mass is 10.1. The molecule has 15 heteroatoms. The molecular formula is C25H37ClN8O6. The molecule has 1 N–H and O–H groups in total. The minimum atomic E-state index is -0.520. The van der Waals surface area contributed by atoms with Gasteiger partial charge in [0.2, 0.25) is 0 Å². The summed E-state index contributed by atoms with van der Waals surface area (Å²) in [4.78, 5) is 45.9. The summed E-state index contributed by atoms with van der Waals surface area (Å²) in [5.41, 5.74) is 1.24. The molecule has 4 heterocycles. The van der Waals surface area contributed by atoms with Gasteiger partial charge in [-0.05, 0) is 66.6 Å². The van der Waals surface area contributed by atoms with Crippen molar-refractivity contribution in [3.8, 4) is 0 Å². The molecule has 0 aliphatic carbocycles. The highest BCUT2D eigenvalue weighted by Gasteiger charge is 2.30. The van der Waals surface area contributed by atoms with Gasteiger partial charge in [0, 0.05) is 63.5 Å². The second kappa shape index (κ2) is 14.0.